The predicted molar refractivity (Wildman–Crippen MR) is 107 cm³/mol. The summed E-state index contributed by atoms with van der Waals surface area (Å²) >= 11 is 0. The Kier molecular flexibility index (Phi) is 8.43. The molecule has 25 heavy (non-hydrogen) atoms. The quantitative estimate of drug-likeness (QED) is 0.333. The fourth-order valence-corrected chi connectivity index (χ4v) is 2.40. The Morgan fingerprint density at radius 2 is 2.12 bits per heavy atom. The van der Waals surface area contributed by atoms with Crippen molar-refractivity contribution >= 4 is 29.9 Å². The lowest BCUT2D eigenvalue weighted by molar-refractivity contribution is 0.0437. The number of aliphatic imine (C=N–C) groups is 1. The van der Waals surface area contributed by atoms with E-state index in [1.54, 1.807) is 25.3 Å². The zero-order valence-corrected chi connectivity index (χ0v) is 17.5. The number of halogens is 1. The van der Waals surface area contributed by atoms with Crippen LogP contribution in [0, 0.1) is 13.8 Å². The Labute approximate surface area is 165 Å². The van der Waals surface area contributed by atoms with Gasteiger partial charge in [-0.05, 0) is 46.2 Å². The maximum absolute atomic E-state index is 10.5. The Morgan fingerprint density at radius 3 is 2.68 bits per heavy atom. The van der Waals surface area contributed by atoms with Gasteiger partial charge < -0.3 is 24.7 Å². The van der Waals surface area contributed by atoms with E-state index >= 15 is 0 Å². The highest BCUT2D eigenvalue weighted by Gasteiger charge is 2.26. The lowest BCUT2D eigenvalue weighted by Crippen LogP contribution is -2.39. The van der Waals surface area contributed by atoms with Crippen LogP contribution < -0.4 is 10.6 Å². The smallest absolute Gasteiger partial charge is 0.191 e. The second-order valence-corrected chi connectivity index (χ2v) is 5.93. The molecular weight excluding hydrogens is 435 g/mol. The number of guanidine groups is 1. The molecule has 0 saturated carbocycles. The van der Waals surface area contributed by atoms with Crippen LogP contribution in [0.25, 0.3) is 0 Å². The Bertz CT molecular complexity index is 646. The van der Waals surface area contributed by atoms with Gasteiger partial charge in [0.2, 0.25) is 0 Å². The number of nitrogens with zero attached hydrogens (tertiary/aromatic N) is 2. The van der Waals surface area contributed by atoms with E-state index in [0.29, 0.717) is 18.3 Å². The van der Waals surface area contributed by atoms with Crippen molar-refractivity contribution in [3.8, 4) is 0 Å². The minimum Gasteiger partial charge on any atom is -0.466 e. The normalized spacial score (nSPS) is 13.9. The van der Waals surface area contributed by atoms with Crippen molar-refractivity contribution in [2.24, 2.45) is 4.99 Å². The van der Waals surface area contributed by atoms with Gasteiger partial charge in [0.15, 0.2) is 5.96 Å². The Balaban J connectivity index is 0.00000312. The molecule has 0 aliphatic carbocycles. The molecule has 7 nitrogen and oxygen atoms in total. The van der Waals surface area contributed by atoms with Crippen molar-refractivity contribution in [1.29, 1.82) is 0 Å². The Hall–Kier alpha value is -1.55. The van der Waals surface area contributed by atoms with Crippen LogP contribution in [0.5, 0.6) is 0 Å². The SMILES string of the molecule is CCNC(=NCC(C)(O)c1ccco1)NCCc1c(C)noc1C.I. The molecule has 1 atom stereocenters. The van der Waals surface area contributed by atoms with E-state index in [9.17, 15) is 5.11 Å². The number of rotatable bonds is 7. The molecule has 0 saturated heterocycles. The van der Waals surface area contributed by atoms with E-state index in [2.05, 4.69) is 20.8 Å². The minimum atomic E-state index is -1.15. The lowest BCUT2D eigenvalue weighted by Gasteiger charge is -2.19. The van der Waals surface area contributed by atoms with Gasteiger partial charge in [-0.3, -0.25) is 0 Å². The third-order valence-electron chi connectivity index (χ3n) is 3.79. The van der Waals surface area contributed by atoms with E-state index in [4.69, 9.17) is 8.94 Å². The van der Waals surface area contributed by atoms with Gasteiger partial charge in [0.05, 0.1) is 18.5 Å². The molecule has 0 spiro atoms. The van der Waals surface area contributed by atoms with Gasteiger partial charge in [0, 0.05) is 18.7 Å². The molecule has 0 aromatic carbocycles. The van der Waals surface area contributed by atoms with Gasteiger partial charge in [-0.1, -0.05) is 5.16 Å². The number of hydrogen-bond donors (Lipinski definition) is 3. The first kappa shape index (κ1) is 21.5. The van der Waals surface area contributed by atoms with Crippen LogP contribution in [0.4, 0.5) is 0 Å². The summed E-state index contributed by atoms with van der Waals surface area (Å²) in [6, 6.07) is 3.49. The van der Waals surface area contributed by atoms with Crippen LogP contribution in [-0.4, -0.2) is 35.9 Å². The molecule has 0 aliphatic rings. The summed E-state index contributed by atoms with van der Waals surface area (Å²) in [4.78, 5) is 4.45. The van der Waals surface area contributed by atoms with Crippen LogP contribution in [-0.2, 0) is 12.0 Å². The van der Waals surface area contributed by atoms with Gasteiger partial charge in [0.1, 0.15) is 17.1 Å². The van der Waals surface area contributed by atoms with Crippen LogP contribution in [0.2, 0.25) is 0 Å². The largest absolute Gasteiger partial charge is 0.466 e. The van der Waals surface area contributed by atoms with Crippen molar-refractivity contribution in [1.82, 2.24) is 15.8 Å². The highest BCUT2D eigenvalue weighted by atomic mass is 127. The van der Waals surface area contributed by atoms with Crippen LogP contribution >= 0.6 is 24.0 Å². The summed E-state index contributed by atoms with van der Waals surface area (Å²) in [7, 11) is 0. The highest BCUT2D eigenvalue weighted by molar-refractivity contribution is 14.0. The first-order valence-corrected chi connectivity index (χ1v) is 8.14. The summed E-state index contributed by atoms with van der Waals surface area (Å²) in [5.41, 5.74) is 0.881. The van der Waals surface area contributed by atoms with Crippen molar-refractivity contribution in [2.45, 2.75) is 39.7 Å². The number of furan rings is 1. The molecule has 1 unspecified atom stereocenters. The van der Waals surface area contributed by atoms with E-state index in [1.807, 2.05) is 20.8 Å². The summed E-state index contributed by atoms with van der Waals surface area (Å²) < 4.78 is 10.4. The third kappa shape index (κ3) is 6.03. The zero-order chi connectivity index (χ0) is 17.6. The molecule has 3 N–H and O–H groups in total. The average Bonchev–Trinajstić information content (AvgIpc) is 3.18. The molecule has 2 aromatic heterocycles. The molecule has 2 rings (SSSR count). The summed E-state index contributed by atoms with van der Waals surface area (Å²) in [6.45, 7) is 9.15. The van der Waals surface area contributed by atoms with Crippen LogP contribution in [0.3, 0.4) is 0 Å². The fraction of sp³-hybridized carbons (Fsp3) is 0.529. The van der Waals surface area contributed by atoms with Crippen molar-refractivity contribution < 1.29 is 14.0 Å². The summed E-state index contributed by atoms with van der Waals surface area (Å²) in [5, 5.41) is 20.8. The number of nitrogens with one attached hydrogen (secondary N) is 2. The number of hydrogen-bond acceptors (Lipinski definition) is 5. The molecule has 0 fully saturated rings. The number of aromatic nitrogens is 1. The maximum atomic E-state index is 10.5. The predicted octanol–water partition coefficient (Wildman–Crippen LogP) is 2.51. The second-order valence-electron chi connectivity index (χ2n) is 5.93. The molecule has 0 bridgehead atoms. The van der Waals surface area contributed by atoms with Gasteiger partial charge >= 0.3 is 0 Å². The van der Waals surface area contributed by atoms with Crippen LogP contribution in [0.15, 0.2) is 32.3 Å². The molecule has 0 aliphatic heterocycles. The van der Waals surface area contributed by atoms with E-state index in [1.165, 1.54) is 0 Å². The average molecular weight is 462 g/mol. The topological polar surface area (TPSA) is 95.8 Å². The van der Waals surface area contributed by atoms with Crippen LogP contribution in [0.1, 0.15) is 36.6 Å². The molecular formula is C17H27IN4O3. The van der Waals surface area contributed by atoms with Crippen molar-refractivity contribution in [3.63, 3.8) is 0 Å². The molecule has 0 amide bonds. The van der Waals surface area contributed by atoms with Crippen molar-refractivity contribution in [3.05, 3.63) is 41.2 Å². The first-order chi connectivity index (χ1) is 11.4. The monoisotopic (exact) mass is 462 g/mol. The summed E-state index contributed by atoms with van der Waals surface area (Å²) in [5.74, 6) is 1.99. The van der Waals surface area contributed by atoms with E-state index in [-0.39, 0.29) is 30.5 Å². The number of aliphatic hydroxyl groups is 1. The third-order valence-corrected chi connectivity index (χ3v) is 3.79. The number of aryl methyl sites for hydroxylation is 2. The molecule has 2 aromatic rings. The highest BCUT2D eigenvalue weighted by Crippen LogP contribution is 2.21. The zero-order valence-electron chi connectivity index (χ0n) is 15.1. The van der Waals surface area contributed by atoms with Gasteiger partial charge in [-0.2, -0.15) is 0 Å². The first-order valence-electron chi connectivity index (χ1n) is 8.14. The van der Waals surface area contributed by atoms with Crippen molar-refractivity contribution in [2.75, 3.05) is 19.6 Å². The molecule has 0 radical (unpaired) electrons. The molecule has 2 heterocycles. The van der Waals surface area contributed by atoms with E-state index < -0.39 is 5.60 Å². The Morgan fingerprint density at radius 1 is 1.36 bits per heavy atom. The second kappa shape index (κ2) is 9.81. The fourth-order valence-electron chi connectivity index (χ4n) is 2.40. The molecule has 8 heteroatoms. The minimum absolute atomic E-state index is 0. The van der Waals surface area contributed by atoms with Gasteiger partial charge in [-0.25, -0.2) is 4.99 Å². The molecule has 140 valence electrons. The van der Waals surface area contributed by atoms with E-state index in [0.717, 1.165) is 30.0 Å². The standard InChI is InChI=1S/C17H26N4O3.HI/c1-5-18-16(19-9-8-14-12(2)21-24-13(14)3)20-11-17(4,22)15-7-6-10-23-15;/h6-7,10,22H,5,8-9,11H2,1-4H3,(H2,18,19,20);1H. The van der Waals surface area contributed by atoms with Gasteiger partial charge in [-0.15, -0.1) is 24.0 Å². The maximum Gasteiger partial charge on any atom is 0.191 e. The van der Waals surface area contributed by atoms with Gasteiger partial charge in [0.25, 0.3) is 0 Å². The summed E-state index contributed by atoms with van der Waals surface area (Å²) in [6.07, 6.45) is 2.33. The lowest BCUT2D eigenvalue weighted by atomic mass is 10.0.